The number of fused-ring (bicyclic) bond motifs is 1. The molecule has 4 rings (SSSR count). The highest BCUT2D eigenvalue weighted by atomic mass is 15.3. The van der Waals surface area contributed by atoms with Gasteiger partial charge in [-0.25, -0.2) is 14.6 Å². The molecule has 5 heteroatoms. The maximum absolute atomic E-state index is 4.39. The van der Waals surface area contributed by atoms with Crippen LogP contribution in [0.3, 0.4) is 0 Å². The predicted molar refractivity (Wildman–Crippen MR) is 76.4 cm³/mol. The summed E-state index contributed by atoms with van der Waals surface area (Å²) >= 11 is 0. The van der Waals surface area contributed by atoms with Crippen LogP contribution in [0.5, 0.6) is 0 Å². The molecule has 96 valence electrons. The van der Waals surface area contributed by atoms with Crippen LogP contribution in [-0.2, 0) is 0 Å². The summed E-state index contributed by atoms with van der Waals surface area (Å²) in [7, 11) is 0. The van der Waals surface area contributed by atoms with Crippen LogP contribution in [0.4, 0.5) is 0 Å². The van der Waals surface area contributed by atoms with Crippen molar-refractivity contribution in [2.75, 3.05) is 0 Å². The first-order chi connectivity index (χ1) is 9.90. The number of hydrogen-bond donors (Lipinski definition) is 1. The second-order valence-electron chi connectivity index (χ2n) is 4.50. The third kappa shape index (κ3) is 1.76. The minimum absolute atomic E-state index is 0.800. The molecule has 0 aromatic carbocycles. The van der Waals surface area contributed by atoms with Gasteiger partial charge in [0.05, 0.1) is 6.20 Å². The van der Waals surface area contributed by atoms with E-state index in [0.717, 1.165) is 28.0 Å². The Bertz CT molecular complexity index is 860. The minimum atomic E-state index is 0.800. The SMILES string of the molecule is c1ccc(-n2cc(-c3cnc4[nH]ccc4c3)cn2)nc1. The van der Waals surface area contributed by atoms with Crippen LogP contribution in [0.2, 0.25) is 0 Å². The van der Waals surface area contributed by atoms with Crippen LogP contribution in [-0.4, -0.2) is 24.7 Å². The molecule has 0 amide bonds. The number of nitrogens with zero attached hydrogens (tertiary/aromatic N) is 4. The molecule has 0 spiro atoms. The van der Waals surface area contributed by atoms with Crippen molar-refractivity contribution in [2.45, 2.75) is 0 Å². The van der Waals surface area contributed by atoms with E-state index in [2.05, 4.69) is 26.1 Å². The van der Waals surface area contributed by atoms with Gasteiger partial charge in [-0.05, 0) is 24.3 Å². The van der Waals surface area contributed by atoms with Crippen LogP contribution in [0.25, 0.3) is 28.0 Å². The number of hydrogen-bond acceptors (Lipinski definition) is 3. The van der Waals surface area contributed by atoms with Crippen LogP contribution in [0.1, 0.15) is 0 Å². The molecule has 5 nitrogen and oxygen atoms in total. The summed E-state index contributed by atoms with van der Waals surface area (Å²) in [6, 6.07) is 9.85. The lowest BCUT2D eigenvalue weighted by atomic mass is 10.1. The van der Waals surface area contributed by atoms with Gasteiger partial charge >= 0.3 is 0 Å². The first kappa shape index (κ1) is 10.9. The van der Waals surface area contributed by atoms with Crippen molar-refractivity contribution < 1.29 is 0 Å². The van der Waals surface area contributed by atoms with Crippen molar-refractivity contribution in [3.8, 4) is 16.9 Å². The number of nitrogens with one attached hydrogen (secondary N) is 1. The van der Waals surface area contributed by atoms with E-state index >= 15 is 0 Å². The molecule has 0 unspecified atom stereocenters. The highest BCUT2D eigenvalue weighted by Crippen LogP contribution is 2.22. The molecule has 0 aliphatic rings. The Kier molecular flexibility index (Phi) is 2.35. The zero-order chi connectivity index (χ0) is 13.4. The quantitative estimate of drug-likeness (QED) is 0.603. The summed E-state index contributed by atoms with van der Waals surface area (Å²) in [5, 5.41) is 5.44. The number of aromatic amines is 1. The van der Waals surface area contributed by atoms with E-state index < -0.39 is 0 Å². The molecule has 4 heterocycles. The average Bonchev–Trinajstić information content (AvgIpc) is 3.16. The zero-order valence-electron chi connectivity index (χ0n) is 10.6. The van der Waals surface area contributed by atoms with E-state index in [1.54, 1.807) is 10.9 Å². The maximum Gasteiger partial charge on any atom is 0.153 e. The number of rotatable bonds is 2. The maximum atomic E-state index is 4.39. The van der Waals surface area contributed by atoms with Gasteiger partial charge in [0.25, 0.3) is 0 Å². The van der Waals surface area contributed by atoms with Crippen molar-refractivity contribution >= 4 is 11.0 Å². The molecule has 0 saturated carbocycles. The third-order valence-electron chi connectivity index (χ3n) is 3.20. The topological polar surface area (TPSA) is 59.4 Å². The zero-order valence-corrected chi connectivity index (χ0v) is 10.6. The number of pyridine rings is 2. The van der Waals surface area contributed by atoms with Gasteiger partial charge in [-0.2, -0.15) is 5.10 Å². The molecule has 1 N–H and O–H groups in total. The van der Waals surface area contributed by atoms with Crippen molar-refractivity contribution in [3.63, 3.8) is 0 Å². The molecular formula is C15H11N5. The van der Waals surface area contributed by atoms with Gasteiger partial charge in [0.1, 0.15) is 5.65 Å². The fraction of sp³-hybridized carbons (Fsp3) is 0. The first-order valence-corrected chi connectivity index (χ1v) is 6.30. The summed E-state index contributed by atoms with van der Waals surface area (Å²) in [6.45, 7) is 0. The highest BCUT2D eigenvalue weighted by molar-refractivity contribution is 5.81. The molecule has 20 heavy (non-hydrogen) atoms. The number of aromatic nitrogens is 5. The van der Waals surface area contributed by atoms with E-state index in [-0.39, 0.29) is 0 Å². The van der Waals surface area contributed by atoms with Gasteiger partial charge in [0, 0.05) is 41.3 Å². The van der Waals surface area contributed by atoms with Crippen LogP contribution in [0, 0.1) is 0 Å². The normalized spacial score (nSPS) is 11.0. The fourth-order valence-electron chi connectivity index (χ4n) is 2.18. The molecule has 0 saturated heterocycles. The summed E-state index contributed by atoms with van der Waals surface area (Å²) < 4.78 is 1.76. The van der Waals surface area contributed by atoms with Gasteiger partial charge < -0.3 is 4.98 Å². The van der Waals surface area contributed by atoms with E-state index in [1.165, 1.54) is 0 Å². The first-order valence-electron chi connectivity index (χ1n) is 6.30. The van der Waals surface area contributed by atoms with Gasteiger partial charge in [-0.1, -0.05) is 6.07 Å². The molecular weight excluding hydrogens is 250 g/mol. The lowest BCUT2D eigenvalue weighted by molar-refractivity contribution is 0.847. The number of H-pyrrole nitrogens is 1. The van der Waals surface area contributed by atoms with Crippen molar-refractivity contribution in [1.29, 1.82) is 0 Å². The Labute approximate surface area is 114 Å². The average molecular weight is 261 g/mol. The van der Waals surface area contributed by atoms with E-state index in [0.29, 0.717) is 0 Å². The van der Waals surface area contributed by atoms with E-state index in [9.17, 15) is 0 Å². The molecule has 0 aliphatic carbocycles. The fourth-order valence-corrected chi connectivity index (χ4v) is 2.18. The second-order valence-corrected chi connectivity index (χ2v) is 4.50. The Morgan fingerprint density at radius 2 is 2.00 bits per heavy atom. The highest BCUT2D eigenvalue weighted by Gasteiger charge is 2.05. The van der Waals surface area contributed by atoms with Crippen LogP contribution >= 0.6 is 0 Å². The van der Waals surface area contributed by atoms with Crippen LogP contribution in [0.15, 0.2) is 61.3 Å². The van der Waals surface area contributed by atoms with Gasteiger partial charge in [-0.15, -0.1) is 0 Å². The lowest BCUT2D eigenvalue weighted by Gasteiger charge is -1.98. The Hall–Kier alpha value is -2.95. The van der Waals surface area contributed by atoms with Crippen molar-refractivity contribution in [2.24, 2.45) is 0 Å². The van der Waals surface area contributed by atoms with Gasteiger partial charge in [0.2, 0.25) is 0 Å². The van der Waals surface area contributed by atoms with Gasteiger partial charge in [-0.3, -0.25) is 0 Å². The summed E-state index contributed by atoms with van der Waals surface area (Å²) in [5.41, 5.74) is 2.96. The Morgan fingerprint density at radius 1 is 1.00 bits per heavy atom. The van der Waals surface area contributed by atoms with E-state index in [1.807, 2.05) is 49.1 Å². The molecule has 0 atom stereocenters. The third-order valence-corrected chi connectivity index (χ3v) is 3.20. The molecule has 0 bridgehead atoms. The molecule has 4 aromatic rings. The second kappa shape index (κ2) is 4.31. The Morgan fingerprint density at radius 3 is 2.90 bits per heavy atom. The Balaban J connectivity index is 1.77. The van der Waals surface area contributed by atoms with Crippen LogP contribution < -0.4 is 0 Å². The minimum Gasteiger partial charge on any atom is -0.346 e. The van der Waals surface area contributed by atoms with Crippen molar-refractivity contribution in [1.82, 2.24) is 24.7 Å². The molecule has 0 radical (unpaired) electrons. The molecule has 0 aliphatic heterocycles. The smallest absolute Gasteiger partial charge is 0.153 e. The summed E-state index contributed by atoms with van der Waals surface area (Å²) in [5.74, 6) is 0.800. The molecule has 4 aromatic heterocycles. The van der Waals surface area contributed by atoms with Gasteiger partial charge in [0.15, 0.2) is 5.82 Å². The largest absolute Gasteiger partial charge is 0.346 e. The summed E-state index contributed by atoms with van der Waals surface area (Å²) in [6.07, 6.45) is 9.27. The van der Waals surface area contributed by atoms with E-state index in [4.69, 9.17) is 0 Å². The predicted octanol–water partition coefficient (Wildman–Crippen LogP) is 2.81. The lowest BCUT2D eigenvalue weighted by Crippen LogP contribution is -1.95. The summed E-state index contributed by atoms with van der Waals surface area (Å²) in [4.78, 5) is 11.8. The van der Waals surface area contributed by atoms with Crippen molar-refractivity contribution in [3.05, 3.63) is 61.3 Å². The molecule has 0 fully saturated rings. The monoisotopic (exact) mass is 261 g/mol. The standard InChI is InChI=1S/C15H11N5/c1-2-5-16-14(3-1)20-10-13(9-19-20)12-7-11-4-6-17-15(11)18-8-12/h1-10H,(H,17,18).